The molecule has 4 aromatic rings. The van der Waals surface area contributed by atoms with Crippen LogP contribution in [0.3, 0.4) is 0 Å². The first-order valence-corrected chi connectivity index (χ1v) is 12.9. The van der Waals surface area contributed by atoms with Crippen LogP contribution in [0.25, 0.3) is 21.7 Å². The van der Waals surface area contributed by atoms with Crippen LogP contribution in [0.2, 0.25) is 0 Å². The number of piperidine rings is 1. The summed E-state index contributed by atoms with van der Waals surface area (Å²) >= 11 is 1.44. The van der Waals surface area contributed by atoms with Crippen molar-refractivity contribution in [2.45, 2.75) is 32.2 Å². The van der Waals surface area contributed by atoms with Crippen molar-refractivity contribution >= 4 is 34.1 Å². The summed E-state index contributed by atoms with van der Waals surface area (Å²) in [5.74, 6) is 3.17. The van der Waals surface area contributed by atoms with Crippen LogP contribution in [0, 0.1) is 23.2 Å². The zero-order chi connectivity index (χ0) is 25.8. The summed E-state index contributed by atoms with van der Waals surface area (Å²) in [4.78, 5) is 41.1. The lowest BCUT2D eigenvalue weighted by Crippen LogP contribution is -2.40. The van der Waals surface area contributed by atoms with Crippen molar-refractivity contribution in [3.05, 3.63) is 50.9 Å². The summed E-state index contributed by atoms with van der Waals surface area (Å²) in [7, 11) is 1.49. The van der Waals surface area contributed by atoms with Crippen molar-refractivity contribution in [3.8, 4) is 16.6 Å². The van der Waals surface area contributed by atoms with Crippen LogP contribution in [0.1, 0.15) is 19.4 Å². The minimum atomic E-state index is -1.12. The molecule has 3 unspecified atom stereocenters. The third kappa shape index (κ3) is 3.98. The first kappa shape index (κ1) is 23.4. The molecule has 1 saturated carbocycles. The van der Waals surface area contributed by atoms with Crippen molar-refractivity contribution in [1.29, 1.82) is 5.26 Å². The van der Waals surface area contributed by atoms with Gasteiger partial charge in [0.05, 0.1) is 18.4 Å². The average molecular weight is 520 g/mol. The Bertz CT molecular complexity index is 1640. The van der Waals surface area contributed by atoms with E-state index in [0.717, 1.165) is 45.9 Å². The fraction of sp³-hybridized carbons (Fsp3) is 0.417. The Hall–Kier alpha value is -4.02. The number of imidazole rings is 1. The van der Waals surface area contributed by atoms with Crippen molar-refractivity contribution in [1.82, 2.24) is 28.7 Å². The standard InChI is InChI=1S/C24H25N9O3S/c1-13(33-12-27-20-19(33)23(35)32(6-5-25)24(36)30(20)2)21(34)28-17-11-37-22(29-17)14-3-4-18(26-8-14)31-9-15-7-16(15)10-31/h3-4,8,11-13,15-16,21,28,34H,6-7,9-10H2,1-2H3/t13-,15?,16?,21?/m0/s1. The normalized spacial score (nSPS) is 20.0. The lowest BCUT2D eigenvalue weighted by atomic mass is 10.2. The Morgan fingerprint density at radius 2 is 2.05 bits per heavy atom. The number of aliphatic hydroxyl groups excluding tert-OH is 1. The molecule has 1 aliphatic heterocycles. The predicted octanol–water partition coefficient (Wildman–Crippen LogP) is 1.39. The first-order valence-electron chi connectivity index (χ1n) is 12.0. The molecule has 1 saturated heterocycles. The summed E-state index contributed by atoms with van der Waals surface area (Å²) in [6.07, 6.45) is 3.47. The van der Waals surface area contributed by atoms with E-state index in [1.54, 1.807) is 6.92 Å². The van der Waals surface area contributed by atoms with Gasteiger partial charge in [-0.1, -0.05) is 0 Å². The number of aliphatic hydroxyl groups is 1. The molecular formula is C24H25N9O3S. The van der Waals surface area contributed by atoms with Crippen LogP contribution in [-0.2, 0) is 13.6 Å². The number of rotatable bonds is 7. The Kier molecular flexibility index (Phi) is 5.58. The molecule has 0 amide bonds. The highest BCUT2D eigenvalue weighted by molar-refractivity contribution is 7.13. The van der Waals surface area contributed by atoms with Crippen LogP contribution in [-0.4, -0.2) is 53.1 Å². The van der Waals surface area contributed by atoms with Crippen molar-refractivity contribution in [2.75, 3.05) is 23.3 Å². The van der Waals surface area contributed by atoms with E-state index in [4.69, 9.17) is 5.26 Å². The Balaban J connectivity index is 1.20. The van der Waals surface area contributed by atoms with Crippen molar-refractivity contribution < 1.29 is 5.11 Å². The molecule has 0 spiro atoms. The summed E-state index contributed by atoms with van der Waals surface area (Å²) in [5, 5.41) is 25.5. The van der Waals surface area contributed by atoms with Gasteiger partial charge in [-0.25, -0.2) is 24.3 Å². The number of hydrogen-bond acceptors (Lipinski definition) is 10. The highest BCUT2D eigenvalue weighted by atomic mass is 32.1. The molecule has 0 bridgehead atoms. The molecule has 2 aliphatic rings. The number of pyridine rings is 1. The number of anilines is 2. The molecule has 190 valence electrons. The molecule has 4 aromatic heterocycles. The van der Waals surface area contributed by atoms with E-state index in [2.05, 4.69) is 25.2 Å². The molecule has 37 heavy (non-hydrogen) atoms. The van der Waals surface area contributed by atoms with Crippen LogP contribution in [0.5, 0.6) is 0 Å². The van der Waals surface area contributed by atoms with Gasteiger partial charge in [-0.3, -0.25) is 9.36 Å². The number of aromatic nitrogens is 6. The second-order valence-electron chi connectivity index (χ2n) is 9.65. The molecule has 6 rings (SSSR count). The molecule has 5 heterocycles. The highest BCUT2D eigenvalue weighted by Crippen LogP contribution is 2.46. The second-order valence-corrected chi connectivity index (χ2v) is 10.5. The molecule has 13 heteroatoms. The smallest absolute Gasteiger partial charge is 0.333 e. The predicted molar refractivity (Wildman–Crippen MR) is 138 cm³/mol. The number of nitriles is 1. The minimum Gasteiger partial charge on any atom is -0.372 e. The number of hydrogen-bond donors (Lipinski definition) is 2. The van der Waals surface area contributed by atoms with Gasteiger partial charge >= 0.3 is 5.69 Å². The summed E-state index contributed by atoms with van der Waals surface area (Å²) in [5.41, 5.74) is -0.0419. The van der Waals surface area contributed by atoms with Gasteiger partial charge < -0.3 is 19.9 Å². The minimum absolute atomic E-state index is 0.131. The van der Waals surface area contributed by atoms with Gasteiger partial charge in [0.25, 0.3) is 5.56 Å². The van der Waals surface area contributed by atoms with Gasteiger partial charge in [0, 0.05) is 37.3 Å². The topological polar surface area (TPSA) is 147 Å². The van der Waals surface area contributed by atoms with E-state index < -0.39 is 23.5 Å². The Morgan fingerprint density at radius 3 is 2.76 bits per heavy atom. The maximum absolute atomic E-state index is 13.0. The van der Waals surface area contributed by atoms with Crippen LogP contribution < -0.4 is 21.5 Å². The number of nitrogens with zero attached hydrogens (tertiary/aromatic N) is 8. The lowest BCUT2D eigenvalue weighted by Gasteiger charge is -2.21. The molecule has 0 aromatic carbocycles. The van der Waals surface area contributed by atoms with E-state index >= 15 is 0 Å². The van der Waals surface area contributed by atoms with Crippen molar-refractivity contribution in [2.24, 2.45) is 18.9 Å². The average Bonchev–Trinajstić information content (AvgIpc) is 3.30. The molecule has 0 radical (unpaired) electrons. The Morgan fingerprint density at radius 1 is 1.27 bits per heavy atom. The van der Waals surface area contributed by atoms with Crippen LogP contribution in [0.4, 0.5) is 11.6 Å². The number of fused-ring (bicyclic) bond motifs is 2. The van der Waals surface area contributed by atoms with Crippen molar-refractivity contribution in [3.63, 3.8) is 0 Å². The summed E-state index contributed by atoms with van der Waals surface area (Å²) < 4.78 is 3.57. The van der Waals surface area contributed by atoms with Gasteiger partial charge in [0.15, 0.2) is 11.2 Å². The summed E-state index contributed by atoms with van der Waals surface area (Å²) in [6, 6.07) is 5.24. The molecule has 2 N–H and O–H groups in total. The van der Waals surface area contributed by atoms with E-state index in [1.165, 1.54) is 40.3 Å². The van der Waals surface area contributed by atoms with Gasteiger partial charge in [0.2, 0.25) is 0 Å². The number of thiazole rings is 1. The highest BCUT2D eigenvalue weighted by Gasteiger charge is 2.45. The largest absolute Gasteiger partial charge is 0.372 e. The molecule has 2 fully saturated rings. The number of aryl methyl sites for hydroxylation is 1. The zero-order valence-electron chi connectivity index (χ0n) is 20.3. The third-order valence-electron chi connectivity index (χ3n) is 7.28. The second kappa shape index (κ2) is 8.82. The van der Waals surface area contributed by atoms with Gasteiger partial charge in [-0.2, -0.15) is 5.26 Å². The molecule has 4 atom stereocenters. The van der Waals surface area contributed by atoms with E-state index in [1.807, 2.05) is 29.8 Å². The lowest BCUT2D eigenvalue weighted by molar-refractivity contribution is 0.149. The molecular weight excluding hydrogens is 494 g/mol. The fourth-order valence-electron chi connectivity index (χ4n) is 4.99. The molecule has 1 aliphatic carbocycles. The van der Waals surface area contributed by atoms with E-state index in [9.17, 15) is 14.7 Å². The quantitative estimate of drug-likeness (QED) is 0.346. The maximum Gasteiger partial charge on any atom is 0.333 e. The van der Waals surface area contributed by atoms with E-state index in [-0.39, 0.29) is 17.7 Å². The monoisotopic (exact) mass is 519 g/mol. The van der Waals surface area contributed by atoms with Gasteiger partial charge in [-0.15, -0.1) is 11.3 Å². The maximum atomic E-state index is 13.0. The Labute approximate surface area is 215 Å². The number of nitrogens with one attached hydrogen (secondary N) is 1. The first-order chi connectivity index (χ1) is 17.9. The summed E-state index contributed by atoms with van der Waals surface area (Å²) in [6.45, 7) is 3.52. The third-order valence-corrected chi connectivity index (χ3v) is 8.17. The van der Waals surface area contributed by atoms with E-state index in [0.29, 0.717) is 5.82 Å². The van der Waals surface area contributed by atoms with Gasteiger partial charge in [0.1, 0.15) is 29.4 Å². The van der Waals surface area contributed by atoms with Gasteiger partial charge in [-0.05, 0) is 37.3 Å². The van der Waals surface area contributed by atoms with Crippen LogP contribution in [0.15, 0.2) is 39.6 Å². The fourth-order valence-corrected chi connectivity index (χ4v) is 5.74. The molecule has 12 nitrogen and oxygen atoms in total. The zero-order valence-corrected chi connectivity index (χ0v) is 21.1. The van der Waals surface area contributed by atoms with Crippen LogP contribution >= 0.6 is 11.3 Å². The SMILES string of the molecule is C[C@@H](C(O)Nc1csc(-c2ccc(N3CC4CC4C3)nc2)n1)n1cnc2c1c(=O)n(CC#N)c(=O)n2C.